The second kappa shape index (κ2) is 6.76. The average Bonchev–Trinajstić information content (AvgIpc) is 2.88. The molecule has 0 spiro atoms. The monoisotopic (exact) mass is 282 g/mol. The average molecular weight is 282 g/mol. The first-order valence-corrected chi connectivity index (χ1v) is 7.85. The molecule has 1 atom stereocenters. The van der Waals surface area contributed by atoms with E-state index in [9.17, 15) is 0 Å². The third-order valence-corrected chi connectivity index (χ3v) is 4.08. The first kappa shape index (κ1) is 15.6. The molecule has 2 N–H and O–H groups in total. The van der Waals surface area contributed by atoms with Crippen LogP contribution < -0.4 is 5.73 Å². The van der Waals surface area contributed by atoms with Crippen LogP contribution in [0, 0.1) is 5.41 Å². The van der Waals surface area contributed by atoms with E-state index in [1.807, 2.05) is 0 Å². The molecule has 2 aliphatic heterocycles. The predicted molar refractivity (Wildman–Crippen MR) is 82.9 cm³/mol. The summed E-state index contributed by atoms with van der Waals surface area (Å²) in [4.78, 5) is 9.32. The van der Waals surface area contributed by atoms with Crippen molar-refractivity contribution in [2.24, 2.45) is 16.1 Å². The number of nitrogens with zero attached hydrogens (tertiary/aromatic N) is 3. The van der Waals surface area contributed by atoms with Crippen LogP contribution in [0.15, 0.2) is 4.99 Å². The van der Waals surface area contributed by atoms with Gasteiger partial charge in [-0.15, -0.1) is 0 Å². The highest BCUT2D eigenvalue weighted by Gasteiger charge is 2.24. The van der Waals surface area contributed by atoms with Crippen molar-refractivity contribution >= 4 is 5.96 Å². The lowest BCUT2D eigenvalue weighted by molar-refractivity contribution is 0.00523. The van der Waals surface area contributed by atoms with Crippen molar-refractivity contribution < 1.29 is 4.74 Å². The summed E-state index contributed by atoms with van der Waals surface area (Å²) in [7, 11) is 0. The maximum atomic E-state index is 6.13. The first-order chi connectivity index (χ1) is 9.46. The van der Waals surface area contributed by atoms with Gasteiger partial charge in [-0.25, -0.2) is 0 Å². The summed E-state index contributed by atoms with van der Waals surface area (Å²) >= 11 is 0. The minimum atomic E-state index is 0.187. The van der Waals surface area contributed by atoms with Crippen molar-refractivity contribution in [2.75, 3.05) is 45.9 Å². The second-order valence-corrected chi connectivity index (χ2v) is 6.95. The van der Waals surface area contributed by atoms with Gasteiger partial charge in [0.1, 0.15) is 0 Å². The normalized spacial score (nSPS) is 26.2. The molecule has 0 aromatic carbocycles. The van der Waals surface area contributed by atoms with Crippen LogP contribution in [0.1, 0.15) is 33.6 Å². The van der Waals surface area contributed by atoms with Gasteiger partial charge in [0.15, 0.2) is 5.96 Å². The van der Waals surface area contributed by atoms with Gasteiger partial charge in [-0.2, -0.15) is 0 Å². The van der Waals surface area contributed by atoms with Crippen LogP contribution in [0.4, 0.5) is 0 Å². The highest BCUT2D eigenvalue weighted by molar-refractivity contribution is 5.78. The Morgan fingerprint density at radius 1 is 1.30 bits per heavy atom. The van der Waals surface area contributed by atoms with Crippen LogP contribution >= 0.6 is 0 Å². The topological polar surface area (TPSA) is 54.1 Å². The van der Waals surface area contributed by atoms with E-state index < -0.39 is 0 Å². The maximum Gasteiger partial charge on any atom is 0.191 e. The third kappa shape index (κ3) is 4.63. The number of morpholine rings is 1. The number of nitrogens with two attached hydrogens (primary N) is 1. The Bertz CT molecular complexity index is 337. The number of guanidine groups is 1. The highest BCUT2D eigenvalue weighted by Crippen LogP contribution is 2.20. The molecule has 0 radical (unpaired) electrons. The quantitative estimate of drug-likeness (QED) is 0.621. The van der Waals surface area contributed by atoms with Crippen molar-refractivity contribution in [1.82, 2.24) is 9.80 Å². The van der Waals surface area contributed by atoms with E-state index in [4.69, 9.17) is 10.5 Å². The summed E-state index contributed by atoms with van der Waals surface area (Å²) in [5.74, 6) is 0.676. The van der Waals surface area contributed by atoms with Crippen molar-refractivity contribution in [3.05, 3.63) is 0 Å². The van der Waals surface area contributed by atoms with Crippen molar-refractivity contribution in [2.45, 2.75) is 39.7 Å². The largest absolute Gasteiger partial charge is 0.375 e. The van der Waals surface area contributed by atoms with Gasteiger partial charge < -0.3 is 20.3 Å². The minimum absolute atomic E-state index is 0.187. The molecule has 1 unspecified atom stereocenters. The number of hydrogen-bond acceptors (Lipinski definition) is 3. The molecule has 20 heavy (non-hydrogen) atoms. The predicted octanol–water partition coefficient (Wildman–Crippen LogP) is 1.14. The van der Waals surface area contributed by atoms with Gasteiger partial charge in [0.25, 0.3) is 0 Å². The van der Waals surface area contributed by atoms with Crippen molar-refractivity contribution in [1.29, 1.82) is 0 Å². The zero-order valence-corrected chi connectivity index (χ0v) is 13.3. The molecule has 2 heterocycles. The van der Waals surface area contributed by atoms with Gasteiger partial charge >= 0.3 is 0 Å². The minimum Gasteiger partial charge on any atom is -0.375 e. The third-order valence-electron chi connectivity index (χ3n) is 4.08. The standard InChI is InChI=1S/C15H30N4O/c1-13-10-19(8-9-20-13)14(16)17-11-15(2,3)12-18-6-4-5-7-18/h13H,4-12H2,1-3H3,(H2,16,17). The Balaban J connectivity index is 1.82. The first-order valence-electron chi connectivity index (χ1n) is 7.85. The molecule has 0 saturated carbocycles. The Hall–Kier alpha value is -0.810. The molecular weight excluding hydrogens is 252 g/mol. The fraction of sp³-hybridized carbons (Fsp3) is 0.933. The van der Waals surface area contributed by atoms with Gasteiger partial charge in [-0.3, -0.25) is 4.99 Å². The highest BCUT2D eigenvalue weighted by atomic mass is 16.5. The van der Waals surface area contributed by atoms with Crippen LogP contribution in [-0.4, -0.2) is 67.7 Å². The van der Waals surface area contributed by atoms with Gasteiger partial charge in [0.05, 0.1) is 12.7 Å². The van der Waals surface area contributed by atoms with E-state index in [0.29, 0.717) is 5.96 Å². The SMILES string of the molecule is CC1CN(C(N)=NCC(C)(C)CN2CCCC2)CCO1. The van der Waals surface area contributed by atoms with Gasteiger partial charge in [-0.1, -0.05) is 13.8 Å². The fourth-order valence-electron chi connectivity index (χ4n) is 3.02. The number of rotatable bonds is 4. The summed E-state index contributed by atoms with van der Waals surface area (Å²) in [6.07, 6.45) is 2.93. The van der Waals surface area contributed by atoms with Crippen LogP contribution in [0.25, 0.3) is 0 Å². The molecule has 0 aromatic heterocycles. The Morgan fingerprint density at radius 3 is 2.65 bits per heavy atom. The summed E-state index contributed by atoms with van der Waals surface area (Å²) in [5.41, 5.74) is 6.32. The molecule has 116 valence electrons. The van der Waals surface area contributed by atoms with Gasteiger partial charge in [0.2, 0.25) is 0 Å². The smallest absolute Gasteiger partial charge is 0.191 e. The van der Waals surface area contributed by atoms with E-state index in [1.54, 1.807) is 0 Å². The number of hydrogen-bond donors (Lipinski definition) is 1. The molecule has 0 amide bonds. The fourth-order valence-corrected chi connectivity index (χ4v) is 3.02. The molecule has 0 bridgehead atoms. The van der Waals surface area contributed by atoms with Crippen LogP contribution in [0.2, 0.25) is 0 Å². The summed E-state index contributed by atoms with van der Waals surface area (Å²) in [5, 5.41) is 0. The number of ether oxygens (including phenoxy) is 1. The molecular formula is C15H30N4O. The lowest BCUT2D eigenvalue weighted by atomic mass is 9.93. The van der Waals surface area contributed by atoms with E-state index >= 15 is 0 Å². The molecule has 2 fully saturated rings. The molecule has 2 saturated heterocycles. The Kier molecular flexibility index (Phi) is 5.27. The molecule has 0 aliphatic carbocycles. The Labute approximate surface area is 123 Å². The lowest BCUT2D eigenvalue weighted by Gasteiger charge is -2.33. The van der Waals surface area contributed by atoms with E-state index in [0.717, 1.165) is 32.8 Å². The molecule has 0 aromatic rings. The van der Waals surface area contributed by atoms with E-state index in [2.05, 4.69) is 35.6 Å². The van der Waals surface area contributed by atoms with Crippen LogP contribution in [0.3, 0.4) is 0 Å². The van der Waals surface area contributed by atoms with E-state index in [-0.39, 0.29) is 11.5 Å². The zero-order chi connectivity index (χ0) is 14.6. The summed E-state index contributed by atoms with van der Waals surface area (Å²) in [6.45, 7) is 13.5. The molecule has 2 aliphatic rings. The van der Waals surface area contributed by atoms with Crippen LogP contribution in [0.5, 0.6) is 0 Å². The van der Waals surface area contributed by atoms with Crippen molar-refractivity contribution in [3.63, 3.8) is 0 Å². The molecule has 5 nitrogen and oxygen atoms in total. The second-order valence-electron chi connectivity index (χ2n) is 6.95. The lowest BCUT2D eigenvalue weighted by Crippen LogP contribution is -2.48. The summed E-state index contributed by atoms with van der Waals surface area (Å²) in [6, 6.07) is 0. The summed E-state index contributed by atoms with van der Waals surface area (Å²) < 4.78 is 5.53. The number of likely N-dealkylation sites (tertiary alicyclic amines) is 1. The van der Waals surface area contributed by atoms with E-state index in [1.165, 1.54) is 25.9 Å². The maximum absolute atomic E-state index is 6.13. The van der Waals surface area contributed by atoms with Gasteiger partial charge in [-0.05, 0) is 38.3 Å². The molecule has 5 heteroatoms. The van der Waals surface area contributed by atoms with Crippen LogP contribution in [-0.2, 0) is 4.74 Å². The van der Waals surface area contributed by atoms with Gasteiger partial charge in [0, 0.05) is 26.2 Å². The molecule has 2 rings (SSSR count). The number of aliphatic imine (C=N–C) groups is 1. The zero-order valence-electron chi connectivity index (χ0n) is 13.3. The van der Waals surface area contributed by atoms with Crippen molar-refractivity contribution in [3.8, 4) is 0 Å². The Morgan fingerprint density at radius 2 is 2.00 bits per heavy atom.